The first-order valence-corrected chi connectivity index (χ1v) is 6.59. The van der Waals surface area contributed by atoms with Gasteiger partial charge in [0.1, 0.15) is 0 Å². The molecule has 20 heavy (non-hydrogen) atoms. The zero-order valence-electron chi connectivity index (χ0n) is 10.9. The van der Waals surface area contributed by atoms with Crippen LogP contribution in [0.1, 0.15) is 36.0 Å². The van der Waals surface area contributed by atoms with E-state index in [1.165, 1.54) is 6.07 Å². The normalized spacial score (nSPS) is 23.4. The minimum absolute atomic E-state index is 0.0441. The molecule has 1 aromatic carbocycles. The molecule has 1 fully saturated rings. The van der Waals surface area contributed by atoms with E-state index in [2.05, 4.69) is 5.32 Å². The van der Waals surface area contributed by atoms with E-state index in [0.29, 0.717) is 24.1 Å². The first kappa shape index (κ1) is 14.7. The van der Waals surface area contributed by atoms with Gasteiger partial charge in [-0.05, 0) is 37.5 Å². The molecule has 3 N–H and O–H groups in total. The number of amides is 1. The van der Waals surface area contributed by atoms with Crippen LogP contribution in [-0.2, 0) is 0 Å². The van der Waals surface area contributed by atoms with E-state index in [0.717, 1.165) is 0 Å². The Labute approximate surface area is 115 Å². The quantitative estimate of drug-likeness (QED) is 0.821. The summed E-state index contributed by atoms with van der Waals surface area (Å²) in [6.45, 7) is 0. The van der Waals surface area contributed by atoms with Crippen LogP contribution in [0.15, 0.2) is 24.3 Å². The Bertz CT molecular complexity index is 488. The lowest BCUT2D eigenvalue weighted by Crippen LogP contribution is -2.41. The fraction of sp³-hybridized carbons (Fsp3) is 0.500. The molecule has 0 radical (unpaired) electrons. The molecule has 1 aromatic rings. The third-order valence-corrected chi connectivity index (χ3v) is 3.62. The van der Waals surface area contributed by atoms with E-state index in [4.69, 9.17) is 5.73 Å². The van der Waals surface area contributed by atoms with Crippen molar-refractivity contribution in [3.05, 3.63) is 29.8 Å². The van der Waals surface area contributed by atoms with E-state index in [1.807, 2.05) is 0 Å². The molecule has 0 saturated heterocycles. The number of nitrogens with two attached hydrogens (primary N) is 1. The van der Waals surface area contributed by atoms with Gasteiger partial charge < -0.3 is 11.1 Å². The van der Waals surface area contributed by atoms with Crippen LogP contribution in [0.2, 0.25) is 0 Å². The minimum Gasteiger partial charge on any atom is -0.399 e. The average Bonchev–Trinajstić information content (AvgIpc) is 2.38. The second-order valence-electron chi connectivity index (χ2n) is 5.20. The highest BCUT2D eigenvalue weighted by Gasteiger charge is 2.42. The summed E-state index contributed by atoms with van der Waals surface area (Å²) in [4.78, 5) is 12.0. The summed E-state index contributed by atoms with van der Waals surface area (Å²) in [5.41, 5.74) is 6.41. The Morgan fingerprint density at radius 1 is 1.30 bits per heavy atom. The van der Waals surface area contributed by atoms with Gasteiger partial charge >= 0.3 is 6.18 Å². The van der Waals surface area contributed by atoms with Crippen molar-refractivity contribution >= 4 is 11.6 Å². The van der Waals surface area contributed by atoms with Crippen molar-refractivity contribution in [1.29, 1.82) is 0 Å². The van der Waals surface area contributed by atoms with Crippen LogP contribution in [0.3, 0.4) is 0 Å². The van der Waals surface area contributed by atoms with Crippen LogP contribution in [0, 0.1) is 5.92 Å². The number of benzene rings is 1. The molecule has 1 amide bonds. The Morgan fingerprint density at radius 2 is 2.05 bits per heavy atom. The number of alkyl halides is 3. The fourth-order valence-corrected chi connectivity index (χ4v) is 2.57. The molecule has 3 nitrogen and oxygen atoms in total. The highest BCUT2D eigenvalue weighted by atomic mass is 19.4. The molecular formula is C14H17F3N2O. The van der Waals surface area contributed by atoms with Gasteiger partial charge in [0.05, 0.1) is 5.92 Å². The van der Waals surface area contributed by atoms with Crippen LogP contribution < -0.4 is 11.1 Å². The van der Waals surface area contributed by atoms with Gasteiger partial charge in [-0.3, -0.25) is 4.79 Å². The molecule has 110 valence electrons. The lowest BCUT2D eigenvalue weighted by molar-refractivity contribution is -0.183. The second kappa shape index (κ2) is 5.73. The fourth-order valence-electron chi connectivity index (χ4n) is 2.57. The maximum Gasteiger partial charge on any atom is 0.391 e. The monoisotopic (exact) mass is 286 g/mol. The molecule has 0 aromatic heterocycles. The molecular weight excluding hydrogens is 269 g/mol. The summed E-state index contributed by atoms with van der Waals surface area (Å²) in [6.07, 6.45) is -3.01. The maximum absolute atomic E-state index is 12.7. The molecule has 2 atom stereocenters. The van der Waals surface area contributed by atoms with Crippen molar-refractivity contribution in [2.45, 2.75) is 37.9 Å². The molecule has 2 unspecified atom stereocenters. The number of nitrogens with one attached hydrogen (secondary N) is 1. The number of anilines is 1. The van der Waals surface area contributed by atoms with Crippen molar-refractivity contribution in [2.24, 2.45) is 5.92 Å². The Morgan fingerprint density at radius 3 is 2.70 bits per heavy atom. The van der Waals surface area contributed by atoms with E-state index >= 15 is 0 Å². The smallest absolute Gasteiger partial charge is 0.391 e. The van der Waals surface area contributed by atoms with Crippen LogP contribution in [0.25, 0.3) is 0 Å². The van der Waals surface area contributed by atoms with Crippen molar-refractivity contribution < 1.29 is 18.0 Å². The summed E-state index contributed by atoms with van der Waals surface area (Å²) in [7, 11) is 0. The number of rotatable bonds is 2. The van der Waals surface area contributed by atoms with Gasteiger partial charge in [-0.1, -0.05) is 12.5 Å². The molecule has 0 heterocycles. The summed E-state index contributed by atoms with van der Waals surface area (Å²) >= 11 is 0. The van der Waals surface area contributed by atoms with Crippen LogP contribution in [0.4, 0.5) is 18.9 Å². The highest BCUT2D eigenvalue weighted by molar-refractivity contribution is 5.95. The maximum atomic E-state index is 12.7. The van der Waals surface area contributed by atoms with E-state index < -0.39 is 18.1 Å². The lowest BCUT2D eigenvalue weighted by atomic mass is 9.85. The number of nitrogen functional groups attached to an aromatic ring is 1. The zero-order valence-corrected chi connectivity index (χ0v) is 10.9. The molecule has 0 spiro atoms. The van der Waals surface area contributed by atoms with Crippen LogP contribution in [-0.4, -0.2) is 18.1 Å². The molecule has 1 saturated carbocycles. The van der Waals surface area contributed by atoms with Gasteiger partial charge in [0, 0.05) is 17.3 Å². The third-order valence-electron chi connectivity index (χ3n) is 3.62. The Hall–Kier alpha value is -1.72. The number of hydrogen-bond acceptors (Lipinski definition) is 2. The number of carbonyl (C=O) groups excluding carboxylic acids is 1. The average molecular weight is 286 g/mol. The van der Waals surface area contributed by atoms with Crippen molar-refractivity contribution in [3.8, 4) is 0 Å². The summed E-state index contributed by atoms with van der Waals surface area (Å²) in [5.74, 6) is -1.69. The zero-order chi connectivity index (χ0) is 14.8. The molecule has 2 rings (SSSR count). The van der Waals surface area contributed by atoms with E-state index in [1.54, 1.807) is 18.2 Å². The van der Waals surface area contributed by atoms with Crippen LogP contribution >= 0.6 is 0 Å². The molecule has 0 aliphatic heterocycles. The Balaban J connectivity index is 1.98. The largest absolute Gasteiger partial charge is 0.399 e. The number of hydrogen-bond donors (Lipinski definition) is 2. The first-order chi connectivity index (χ1) is 9.36. The van der Waals surface area contributed by atoms with Crippen molar-refractivity contribution in [3.63, 3.8) is 0 Å². The third kappa shape index (κ3) is 3.65. The molecule has 1 aliphatic rings. The molecule has 0 bridgehead atoms. The SMILES string of the molecule is Nc1cccc(C(=O)NC2CCCC(C(F)(F)F)C2)c1. The number of carbonyl (C=O) groups is 1. The van der Waals surface area contributed by atoms with Gasteiger partial charge in [0.15, 0.2) is 0 Å². The lowest BCUT2D eigenvalue weighted by Gasteiger charge is -2.31. The predicted octanol–water partition coefficient (Wildman–Crippen LogP) is 3.12. The molecule has 6 heteroatoms. The summed E-state index contributed by atoms with van der Waals surface area (Å²) < 4.78 is 38.1. The number of halogens is 3. The van der Waals surface area contributed by atoms with Gasteiger partial charge in [0.2, 0.25) is 0 Å². The standard InChI is InChI=1S/C14H17F3N2O/c15-14(16,17)10-4-2-6-12(8-10)19-13(20)9-3-1-5-11(18)7-9/h1,3,5,7,10,12H,2,4,6,8,18H2,(H,19,20). The highest BCUT2D eigenvalue weighted by Crippen LogP contribution is 2.37. The Kier molecular flexibility index (Phi) is 4.20. The van der Waals surface area contributed by atoms with E-state index in [-0.39, 0.29) is 18.7 Å². The van der Waals surface area contributed by atoms with Crippen molar-refractivity contribution in [2.75, 3.05) is 5.73 Å². The minimum atomic E-state index is -4.18. The van der Waals surface area contributed by atoms with Gasteiger partial charge in [-0.25, -0.2) is 0 Å². The summed E-state index contributed by atoms with van der Waals surface area (Å²) in [6, 6.07) is 5.97. The van der Waals surface area contributed by atoms with E-state index in [9.17, 15) is 18.0 Å². The topological polar surface area (TPSA) is 55.1 Å². The van der Waals surface area contributed by atoms with Gasteiger partial charge in [-0.15, -0.1) is 0 Å². The van der Waals surface area contributed by atoms with Crippen molar-refractivity contribution in [1.82, 2.24) is 5.32 Å². The summed E-state index contributed by atoms with van der Waals surface area (Å²) in [5, 5.41) is 2.67. The predicted molar refractivity (Wildman–Crippen MR) is 70.1 cm³/mol. The second-order valence-corrected chi connectivity index (χ2v) is 5.20. The van der Waals surface area contributed by atoms with Crippen LogP contribution in [0.5, 0.6) is 0 Å². The molecule has 1 aliphatic carbocycles. The first-order valence-electron chi connectivity index (χ1n) is 6.59. The van der Waals surface area contributed by atoms with Gasteiger partial charge in [-0.2, -0.15) is 13.2 Å². The van der Waals surface area contributed by atoms with Gasteiger partial charge in [0.25, 0.3) is 5.91 Å².